The zero-order valence-electron chi connectivity index (χ0n) is 11.6. The number of nitrogens with one attached hydrogen (secondary N) is 2. The van der Waals surface area contributed by atoms with E-state index >= 15 is 0 Å². The summed E-state index contributed by atoms with van der Waals surface area (Å²) in [5.74, 6) is 0.0729. The molecule has 0 atom stereocenters. The van der Waals surface area contributed by atoms with E-state index in [1.807, 2.05) is 24.3 Å². The van der Waals surface area contributed by atoms with Gasteiger partial charge in [0.1, 0.15) is 0 Å². The molecular weight excluding hydrogens is 290 g/mol. The first kappa shape index (κ1) is 15.2. The second-order valence-electron chi connectivity index (χ2n) is 4.34. The molecule has 0 aromatic heterocycles. The van der Waals surface area contributed by atoms with E-state index in [2.05, 4.69) is 10.6 Å². The van der Waals surface area contributed by atoms with Crippen LogP contribution in [0.25, 0.3) is 0 Å². The molecule has 0 fully saturated rings. The molecule has 1 aliphatic heterocycles. The number of hydrogen-bond acceptors (Lipinski definition) is 5. The van der Waals surface area contributed by atoms with Crippen molar-refractivity contribution in [3.63, 3.8) is 0 Å². The van der Waals surface area contributed by atoms with Gasteiger partial charge in [-0.1, -0.05) is 0 Å². The monoisotopic (exact) mass is 307 g/mol. The summed E-state index contributed by atoms with van der Waals surface area (Å²) >= 11 is 1.51. The number of carbonyl (C=O) groups is 2. The number of hydrogen-bond donors (Lipinski definition) is 3. The van der Waals surface area contributed by atoms with Gasteiger partial charge in [0.2, 0.25) is 0 Å². The Hall–Kier alpha value is -2.15. The number of thioether (sulfide) groups is 1. The number of rotatable bonds is 5. The van der Waals surface area contributed by atoms with Crippen LogP contribution in [0, 0.1) is 0 Å². The van der Waals surface area contributed by atoms with Crippen molar-refractivity contribution in [3.05, 3.63) is 35.5 Å². The molecule has 7 heteroatoms. The number of urea groups is 1. The lowest BCUT2D eigenvalue weighted by Gasteiger charge is -2.21. The van der Waals surface area contributed by atoms with Crippen molar-refractivity contribution in [1.29, 1.82) is 0 Å². The largest absolute Gasteiger partial charge is 0.463 e. The lowest BCUT2D eigenvalue weighted by Crippen LogP contribution is -2.44. The van der Waals surface area contributed by atoms with E-state index in [1.165, 1.54) is 11.8 Å². The fourth-order valence-corrected chi connectivity index (χ4v) is 2.67. The molecular formula is C14H17N3O3S. The van der Waals surface area contributed by atoms with Crippen LogP contribution in [0.2, 0.25) is 0 Å². The maximum absolute atomic E-state index is 11.9. The van der Waals surface area contributed by atoms with E-state index in [4.69, 9.17) is 10.5 Å². The maximum atomic E-state index is 11.9. The maximum Gasteiger partial charge on any atom is 0.337 e. The summed E-state index contributed by atoms with van der Waals surface area (Å²) in [7, 11) is 0. The molecule has 2 rings (SSSR count). The predicted molar refractivity (Wildman–Crippen MR) is 81.8 cm³/mol. The number of ether oxygens (including phenoxy) is 1. The molecule has 0 aliphatic carbocycles. The van der Waals surface area contributed by atoms with Gasteiger partial charge >= 0.3 is 12.0 Å². The molecule has 112 valence electrons. The van der Waals surface area contributed by atoms with E-state index in [9.17, 15) is 9.59 Å². The summed E-state index contributed by atoms with van der Waals surface area (Å²) in [6.07, 6.45) is 0. The van der Waals surface area contributed by atoms with Crippen LogP contribution in [0.15, 0.2) is 40.4 Å². The SMILES string of the molecule is CCOC(=O)C1=C(CSc2ccc(N)cc2)NC(=O)NC1. The van der Waals surface area contributed by atoms with Crippen molar-refractivity contribution in [3.8, 4) is 0 Å². The van der Waals surface area contributed by atoms with Gasteiger partial charge in [0.25, 0.3) is 0 Å². The van der Waals surface area contributed by atoms with Gasteiger partial charge in [-0.25, -0.2) is 9.59 Å². The number of carbonyl (C=O) groups excluding carboxylic acids is 2. The van der Waals surface area contributed by atoms with E-state index in [0.717, 1.165) is 4.90 Å². The molecule has 0 bridgehead atoms. The Labute approximate surface area is 127 Å². The van der Waals surface area contributed by atoms with Gasteiger partial charge in [-0.3, -0.25) is 0 Å². The Bertz CT molecular complexity index is 569. The minimum atomic E-state index is -0.405. The average molecular weight is 307 g/mol. The Kier molecular flexibility index (Phi) is 5.10. The van der Waals surface area contributed by atoms with Crippen LogP contribution in [0.3, 0.4) is 0 Å². The van der Waals surface area contributed by atoms with Gasteiger partial charge in [-0.05, 0) is 31.2 Å². The summed E-state index contributed by atoms with van der Waals surface area (Å²) in [6, 6.07) is 7.10. The number of nitrogens with two attached hydrogens (primary N) is 1. The van der Waals surface area contributed by atoms with Crippen LogP contribution in [0.4, 0.5) is 10.5 Å². The average Bonchev–Trinajstić information content (AvgIpc) is 2.47. The van der Waals surface area contributed by atoms with Gasteiger partial charge in [-0.2, -0.15) is 0 Å². The molecule has 1 aromatic carbocycles. The van der Waals surface area contributed by atoms with Gasteiger partial charge in [0, 0.05) is 22.0 Å². The molecule has 0 radical (unpaired) electrons. The molecule has 4 N–H and O–H groups in total. The van der Waals surface area contributed by atoms with Crippen LogP contribution in [-0.4, -0.2) is 30.9 Å². The highest BCUT2D eigenvalue weighted by Crippen LogP contribution is 2.23. The van der Waals surface area contributed by atoms with Gasteiger partial charge in [0.05, 0.1) is 18.7 Å². The standard InChI is InChI=1S/C14H17N3O3S/c1-2-20-13(18)11-7-16-14(19)17-12(11)8-21-10-5-3-9(15)4-6-10/h3-6H,2,7-8,15H2,1H3,(H2,16,17,19). The van der Waals surface area contributed by atoms with Crippen molar-refractivity contribution in [1.82, 2.24) is 10.6 Å². The van der Waals surface area contributed by atoms with Crippen LogP contribution in [0.1, 0.15) is 6.92 Å². The minimum Gasteiger partial charge on any atom is -0.463 e. The van der Waals surface area contributed by atoms with Crippen molar-refractivity contribution >= 4 is 29.4 Å². The molecule has 1 aromatic rings. The van der Waals surface area contributed by atoms with Crippen molar-refractivity contribution in [2.75, 3.05) is 24.6 Å². The summed E-state index contributed by atoms with van der Waals surface area (Å²) < 4.78 is 5.00. The minimum absolute atomic E-state index is 0.183. The van der Waals surface area contributed by atoms with Crippen LogP contribution in [0.5, 0.6) is 0 Å². The molecule has 2 amide bonds. The Morgan fingerprint density at radius 1 is 1.38 bits per heavy atom. The second kappa shape index (κ2) is 7.03. The van der Waals surface area contributed by atoms with Gasteiger partial charge in [0.15, 0.2) is 0 Å². The highest BCUT2D eigenvalue weighted by molar-refractivity contribution is 7.99. The lowest BCUT2D eigenvalue weighted by molar-refractivity contribution is -0.138. The molecule has 1 heterocycles. The third kappa shape index (κ3) is 4.16. The van der Waals surface area contributed by atoms with Crippen molar-refractivity contribution in [2.45, 2.75) is 11.8 Å². The fraction of sp³-hybridized carbons (Fsp3) is 0.286. The van der Waals surface area contributed by atoms with Gasteiger partial charge in [-0.15, -0.1) is 11.8 Å². The lowest BCUT2D eigenvalue weighted by atomic mass is 10.2. The summed E-state index contributed by atoms with van der Waals surface area (Å²) in [5.41, 5.74) is 7.37. The summed E-state index contributed by atoms with van der Waals surface area (Å²) in [4.78, 5) is 24.3. The first-order valence-corrected chi connectivity index (χ1v) is 7.51. The third-order valence-corrected chi connectivity index (χ3v) is 3.88. The quantitative estimate of drug-likeness (QED) is 0.435. The fourth-order valence-electron chi connectivity index (χ4n) is 1.79. The number of benzene rings is 1. The van der Waals surface area contributed by atoms with Crippen molar-refractivity contribution < 1.29 is 14.3 Å². The number of anilines is 1. The van der Waals surface area contributed by atoms with E-state index in [1.54, 1.807) is 6.92 Å². The van der Waals surface area contributed by atoms with Crippen LogP contribution < -0.4 is 16.4 Å². The Morgan fingerprint density at radius 3 is 2.76 bits per heavy atom. The van der Waals surface area contributed by atoms with Crippen LogP contribution >= 0.6 is 11.8 Å². The molecule has 0 saturated carbocycles. The zero-order valence-corrected chi connectivity index (χ0v) is 12.5. The van der Waals surface area contributed by atoms with E-state index in [0.29, 0.717) is 29.3 Å². The predicted octanol–water partition coefficient (Wildman–Crippen LogP) is 1.49. The molecule has 0 saturated heterocycles. The number of nitrogen functional groups attached to an aromatic ring is 1. The topological polar surface area (TPSA) is 93.4 Å². The molecule has 0 spiro atoms. The molecule has 21 heavy (non-hydrogen) atoms. The van der Waals surface area contributed by atoms with E-state index < -0.39 is 5.97 Å². The number of esters is 1. The van der Waals surface area contributed by atoms with Crippen LogP contribution in [-0.2, 0) is 9.53 Å². The normalized spacial score (nSPS) is 14.4. The van der Waals surface area contributed by atoms with Crippen molar-refractivity contribution in [2.24, 2.45) is 0 Å². The summed E-state index contributed by atoms with van der Waals surface area (Å²) in [6.45, 7) is 2.23. The third-order valence-electron chi connectivity index (χ3n) is 2.84. The Morgan fingerprint density at radius 2 is 2.10 bits per heavy atom. The second-order valence-corrected chi connectivity index (χ2v) is 5.39. The molecule has 1 aliphatic rings. The zero-order chi connectivity index (χ0) is 15.2. The number of amides is 2. The van der Waals surface area contributed by atoms with E-state index in [-0.39, 0.29) is 12.6 Å². The highest BCUT2D eigenvalue weighted by atomic mass is 32.2. The molecule has 0 unspecified atom stereocenters. The highest BCUT2D eigenvalue weighted by Gasteiger charge is 2.23. The summed E-state index contributed by atoms with van der Waals surface area (Å²) in [5, 5.41) is 5.24. The first-order chi connectivity index (χ1) is 10.1. The smallest absolute Gasteiger partial charge is 0.337 e. The van der Waals surface area contributed by atoms with Gasteiger partial charge < -0.3 is 21.1 Å². The first-order valence-electron chi connectivity index (χ1n) is 6.52. The molecule has 6 nitrogen and oxygen atoms in total. The Balaban J connectivity index is 2.10.